The first-order valence-corrected chi connectivity index (χ1v) is 8.79. The number of aryl methyl sites for hydroxylation is 1. The minimum atomic E-state index is -2.99. The Morgan fingerprint density at radius 3 is 2.50 bits per heavy atom. The number of carbonyl (C=O) groups is 1. The molecule has 2 saturated heterocycles. The second-order valence-electron chi connectivity index (χ2n) is 5.98. The van der Waals surface area contributed by atoms with E-state index in [4.69, 9.17) is 0 Å². The van der Waals surface area contributed by atoms with Crippen LogP contribution in [0.4, 0.5) is 0 Å². The molecule has 2 unspecified atom stereocenters. The molecule has 5 heteroatoms. The predicted molar refractivity (Wildman–Crippen MR) is 76.4 cm³/mol. The molecule has 0 aliphatic carbocycles. The number of pyridine rings is 1. The van der Waals surface area contributed by atoms with E-state index in [1.807, 2.05) is 6.92 Å². The number of hydrogen-bond donors (Lipinski definition) is 0. The lowest BCUT2D eigenvalue weighted by Gasteiger charge is -2.38. The van der Waals surface area contributed by atoms with Crippen LogP contribution in [-0.2, 0) is 9.84 Å². The highest BCUT2D eigenvalue weighted by Crippen LogP contribution is 2.40. The molecule has 3 rings (SSSR count). The Morgan fingerprint density at radius 1 is 1.25 bits per heavy atom. The van der Waals surface area contributed by atoms with Gasteiger partial charge in [0.1, 0.15) is 0 Å². The lowest BCUT2D eigenvalue weighted by atomic mass is 9.84. The van der Waals surface area contributed by atoms with Crippen molar-refractivity contribution in [1.29, 1.82) is 0 Å². The van der Waals surface area contributed by atoms with E-state index in [1.54, 1.807) is 18.3 Å². The summed E-state index contributed by atoms with van der Waals surface area (Å²) in [4.78, 5) is 16.7. The zero-order chi connectivity index (χ0) is 14.3. The van der Waals surface area contributed by atoms with Gasteiger partial charge in [-0.2, -0.15) is 0 Å². The number of hydrogen-bond acceptors (Lipinski definition) is 4. The van der Waals surface area contributed by atoms with Crippen LogP contribution in [0.1, 0.15) is 48.2 Å². The summed E-state index contributed by atoms with van der Waals surface area (Å²) in [6.07, 6.45) is 5.06. The van der Waals surface area contributed by atoms with Gasteiger partial charge < -0.3 is 0 Å². The highest BCUT2D eigenvalue weighted by molar-refractivity contribution is 7.92. The lowest BCUT2D eigenvalue weighted by Crippen LogP contribution is -2.45. The third kappa shape index (κ3) is 2.28. The van der Waals surface area contributed by atoms with Crippen LogP contribution in [-0.4, -0.2) is 29.7 Å². The first-order valence-electron chi connectivity index (χ1n) is 7.18. The summed E-state index contributed by atoms with van der Waals surface area (Å²) < 4.78 is 24.5. The highest BCUT2D eigenvalue weighted by Gasteiger charge is 2.46. The third-order valence-electron chi connectivity index (χ3n) is 4.63. The number of nitrogens with zero attached hydrogens (tertiary/aromatic N) is 1. The molecule has 2 atom stereocenters. The maximum Gasteiger partial charge on any atom is 0.166 e. The van der Waals surface area contributed by atoms with Gasteiger partial charge in [-0.25, -0.2) is 8.42 Å². The van der Waals surface area contributed by atoms with Crippen molar-refractivity contribution in [3.63, 3.8) is 0 Å². The molecule has 1 aromatic heterocycles. The number of rotatable bonds is 2. The fourth-order valence-electron chi connectivity index (χ4n) is 3.56. The van der Waals surface area contributed by atoms with Gasteiger partial charge in [0, 0.05) is 23.4 Å². The number of sulfone groups is 1. The molecule has 0 saturated carbocycles. The molecule has 2 aliphatic heterocycles. The molecule has 0 radical (unpaired) electrons. The van der Waals surface area contributed by atoms with E-state index in [9.17, 15) is 13.2 Å². The molecule has 108 valence electrons. The second kappa shape index (κ2) is 4.95. The molecular weight excluding hydrogens is 274 g/mol. The lowest BCUT2D eigenvalue weighted by molar-refractivity contribution is 0.0894. The van der Waals surface area contributed by atoms with Gasteiger partial charge >= 0.3 is 0 Å². The minimum absolute atomic E-state index is 0.0855. The van der Waals surface area contributed by atoms with Crippen LogP contribution in [0.3, 0.4) is 0 Å². The van der Waals surface area contributed by atoms with Crippen LogP contribution in [0.2, 0.25) is 0 Å². The Hall–Kier alpha value is -1.23. The second-order valence-corrected chi connectivity index (χ2v) is 8.49. The van der Waals surface area contributed by atoms with Gasteiger partial charge in [0.2, 0.25) is 0 Å². The molecule has 0 amide bonds. The number of aromatic nitrogens is 1. The Balaban J connectivity index is 1.85. The van der Waals surface area contributed by atoms with Crippen molar-refractivity contribution in [3.8, 4) is 0 Å². The quantitative estimate of drug-likeness (QED) is 0.785. The number of Topliss-reactive ketones (excluding diaryl/α,β-unsaturated/α-hetero) is 1. The smallest absolute Gasteiger partial charge is 0.166 e. The topological polar surface area (TPSA) is 64.1 Å². The molecule has 20 heavy (non-hydrogen) atoms. The molecule has 2 aliphatic rings. The van der Waals surface area contributed by atoms with Crippen LogP contribution in [0.5, 0.6) is 0 Å². The number of fused-ring (bicyclic) bond motifs is 2. The Labute approximate surface area is 119 Å². The number of ketones is 1. The van der Waals surface area contributed by atoms with E-state index < -0.39 is 9.84 Å². The molecule has 2 fully saturated rings. The molecular formula is C15H19NO3S. The van der Waals surface area contributed by atoms with Crippen LogP contribution in [0, 0.1) is 12.8 Å². The van der Waals surface area contributed by atoms with Crippen molar-refractivity contribution in [2.75, 3.05) is 0 Å². The monoisotopic (exact) mass is 293 g/mol. The van der Waals surface area contributed by atoms with Gasteiger partial charge in [-0.15, -0.1) is 0 Å². The molecule has 0 spiro atoms. The summed E-state index contributed by atoms with van der Waals surface area (Å²) in [6.45, 7) is 1.86. The third-order valence-corrected chi connectivity index (χ3v) is 7.34. The van der Waals surface area contributed by atoms with Crippen LogP contribution in [0.25, 0.3) is 0 Å². The van der Waals surface area contributed by atoms with Gasteiger partial charge in [-0.3, -0.25) is 9.78 Å². The van der Waals surface area contributed by atoms with E-state index in [2.05, 4.69) is 4.98 Å². The zero-order valence-corrected chi connectivity index (χ0v) is 12.4. The largest absolute Gasteiger partial charge is 0.294 e. The SMILES string of the molecule is Cc1cc(C(=O)C2CC3CCCC(C2)S3(=O)=O)ccn1. The van der Waals surface area contributed by atoms with Crippen LogP contribution in [0.15, 0.2) is 18.3 Å². The van der Waals surface area contributed by atoms with Crippen molar-refractivity contribution < 1.29 is 13.2 Å². The van der Waals surface area contributed by atoms with Crippen molar-refractivity contribution in [3.05, 3.63) is 29.6 Å². The number of carbonyl (C=O) groups excluding carboxylic acids is 1. The van der Waals surface area contributed by atoms with Gasteiger partial charge in [0.25, 0.3) is 0 Å². The Morgan fingerprint density at radius 2 is 1.90 bits per heavy atom. The van der Waals surface area contributed by atoms with Gasteiger partial charge in [-0.1, -0.05) is 6.42 Å². The summed E-state index contributed by atoms with van der Waals surface area (Å²) in [5, 5.41) is -0.598. The van der Waals surface area contributed by atoms with E-state index in [0.29, 0.717) is 18.4 Å². The minimum Gasteiger partial charge on any atom is -0.294 e. The maximum absolute atomic E-state index is 12.6. The first kappa shape index (κ1) is 13.7. The van der Waals surface area contributed by atoms with E-state index >= 15 is 0 Å². The molecule has 2 bridgehead atoms. The average Bonchev–Trinajstić information content (AvgIpc) is 2.36. The summed E-state index contributed by atoms with van der Waals surface area (Å²) in [6, 6.07) is 3.52. The molecule has 0 N–H and O–H groups in total. The van der Waals surface area contributed by atoms with Crippen LogP contribution < -0.4 is 0 Å². The molecule has 3 heterocycles. The predicted octanol–water partition coefficient (Wildman–Crippen LogP) is 2.32. The summed E-state index contributed by atoms with van der Waals surface area (Å²) in [7, 11) is -2.99. The zero-order valence-electron chi connectivity index (χ0n) is 11.6. The maximum atomic E-state index is 12.6. The molecule has 1 aromatic rings. The Kier molecular flexibility index (Phi) is 3.40. The Bertz CT molecular complexity index is 618. The fraction of sp³-hybridized carbons (Fsp3) is 0.600. The standard InChI is InChI=1S/C15H19NO3S/c1-10-7-11(5-6-16-10)15(17)12-8-13-3-2-4-14(9-12)20(13,18)19/h5-7,12-14H,2-4,8-9H2,1H3. The highest BCUT2D eigenvalue weighted by atomic mass is 32.2. The normalized spacial score (nSPS) is 31.8. The first-order chi connectivity index (χ1) is 9.48. The van der Waals surface area contributed by atoms with Crippen molar-refractivity contribution in [1.82, 2.24) is 4.98 Å². The fourth-order valence-corrected chi connectivity index (χ4v) is 6.09. The van der Waals surface area contributed by atoms with Gasteiger partial charge in [0.05, 0.1) is 10.5 Å². The van der Waals surface area contributed by atoms with Gasteiger partial charge in [0.15, 0.2) is 15.6 Å². The van der Waals surface area contributed by atoms with Crippen molar-refractivity contribution in [2.45, 2.75) is 49.5 Å². The van der Waals surface area contributed by atoms with Crippen molar-refractivity contribution >= 4 is 15.6 Å². The van der Waals surface area contributed by atoms with Gasteiger partial charge in [-0.05, 0) is 44.7 Å². The van der Waals surface area contributed by atoms with Crippen LogP contribution >= 0.6 is 0 Å². The van der Waals surface area contributed by atoms with E-state index in [-0.39, 0.29) is 22.2 Å². The van der Waals surface area contributed by atoms with E-state index in [0.717, 1.165) is 25.0 Å². The summed E-state index contributed by atoms with van der Waals surface area (Å²) in [5.41, 5.74) is 1.49. The molecule has 4 nitrogen and oxygen atoms in total. The average molecular weight is 293 g/mol. The molecule has 0 aromatic carbocycles. The van der Waals surface area contributed by atoms with E-state index in [1.165, 1.54) is 0 Å². The summed E-state index contributed by atoms with van der Waals surface area (Å²) in [5.74, 6) is -0.0575. The summed E-state index contributed by atoms with van der Waals surface area (Å²) >= 11 is 0. The van der Waals surface area contributed by atoms with Crippen molar-refractivity contribution in [2.24, 2.45) is 5.92 Å².